The van der Waals surface area contributed by atoms with E-state index in [0.29, 0.717) is 11.6 Å². The Morgan fingerprint density at radius 1 is 1.50 bits per heavy atom. The number of amides is 1. The van der Waals surface area contributed by atoms with Gasteiger partial charge in [0.1, 0.15) is 0 Å². The largest absolute Gasteiger partial charge is 0.302 e. The van der Waals surface area contributed by atoms with Gasteiger partial charge in [-0.25, -0.2) is 9.97 Å². The molecule has 0 spiro atoms. The summed E-state index contributed by atoms with van der Waals surface area (Å²) < 4.78 is 0. The SMILES string of the molecule is Cc1nc(NC(=O)Cc2cscn2)sc1C. The third kappa shape index (κ3) is 2.65. The van der Waals surface area contributed by atoms with Gasteiger partial charge in [0.05, 0.1) is 23.3 Å². The Hall–Kier alpha value is -1.27. The first-order chi connectivity index (χ1) is 7.65. The zero-order valence-electron chi connectivity index (χ0n) is 8.98. The molecule has 1 amide bonds. The van der Waals surface area contributed by atoms with E-state index in [2.05, 4.69) is 15.3 Å². The van der Waals surface area contributed by atoms with Gasteiger partial charge < -0.3 is 5.32 Å². The van der Waals surface area contributed by atoms with E-state index in [9.17, 15) is 4.79 Å². The van der Waals surface area contributed by atoms with Gasteiger partial charge in [-0.05, 0) is 13.8 Å². The minimum atomic E-state index is -0.0698. The highest BCUT2D eigenvalue weighted by molar-refractivity contribution is 7.15. The van der Waals surface area contributed by atoms with Gasteiger partial charge in [-0.15, -0.1) is 22.7 Å². The van der Waals surface area contributed by atoms with Crippen molar-refractivity contribution in [2.45, 2.75) is 20.3 Å². The van der Waals surface area contributed by atoms with Crippen molar-refractivity contribution in [1.82, 2.24) is 9.97 Å². The quantitative estimate of drug-likeness (QED) is 0.913. The van der Waals surface area contributed by atoms with Crippen molar-refractivity contribution >= 4 is 33.7 Å². The van der Waals surface area contributed by atoms with Crippen LogP contribution >= 0.6 is 22.7 Å². The lowest BCUT2D eigenvalue weighted by molar-refractivity contribution is -0.115. The monoisotopic (exact) mass is 253 g/mol. The molecular formula is C10H11N3OS2. The van der Waals surface area contributed by atoms with E-state index in [1.54, 1.807) is 5.51 Å². The van der Waals surface area contributed by atoms with Crippen molar-refractivity contribution in [3.05, 3.63) is 27.2 Å². The Morgan fingerprint density at radius 2 is 2.31 bits per heavy atom. The van der Waals surface area contributed by atoms with Gasteiger partial charge in [0.25, 0.3) is 0 Å². The third-order valence-corrected chi connectivity index (χ3v) is 3.72. The number of hydrogen-bond donors (Lipinski definition) is 1. The molecule has 0 aromatic carbocycles. The second-order valence-corrected chi connectivity index (χ2v) is 5.29. The Labute approximate surface area is 101 Å². The molecule has 84 valence electrons. The van der Waals surface area contributed by atoms with Crippen LogP contribution in [0, 0.1) is 13.8 Å². The molecule has 0 saturated carbocycles. The summed E-state index contributed by atoms with van der Waals surface area (Å²) in [5, 5.41) is 5.31. The molecule has 2 aromatic heterocycles. The van der Waals surface area contributed by atoms with Crippen LogP contribution < -0.4 is 5.32 Å². The zero-order valence-corrected chi connectivity index (χ0v) is 10.6. The van der Waals surface area contributed by atoms with Gasteiger partial charge >= 0.3 is 0 Å². The van der Waals surface area contributed by atoms with Gasteiger partial charge in [-0.3, -0.25) is 4.79 Å². The molecule has 6 heteroatoms. The summed E-state index contributed by atoms with van der Waals surface area (Å²) in [6, 6.07) is 0. The predicted molar refractivity (Wildman–Crippen MR) is 66.0 cm³/mol. The maximum absolute atomic E-state index is 11.6. The van der Waals surface area contributed by atoms with Crippen molar-refractivity contribution in [2.75, 3.05) is 5.32 Å². The first kappa shape index (κ1) is 11.2. The van der Waals surface area contributed by atoms with E-state index < -0.39 is 0 Å². The average molecular weight is 253 g/mol. The maximum atomic E-state index is 11.6. The summed E-state index contributed by atoms with van der Waals surface area (Å²) in [4.78, 5) is 21.1. The van der Waals surface area contributed by atoms with Crippen molar-refractivity contribution < 1.29 is 4.79 Å². The highest BCUT2D eigenvalue weighted by Crippen LogP contribution is 2.21. The van der Waals surface area contributed by atoms with Crippen LogP contribution in [0.25, 0.3) is 0 Å². The molecule has 0 aliphatic rings. The van der Waals surface area contributed by atoms with Gasteiger partial charge in [0, 0.05) is 10.3 Å². The molecular weight excluding hydrogens is 242 g/mol. The lowest BCUT2D eigenvalue weighted by Crippen LogP contribution is -2.14. The topological polar surface area (TPSA) is 54.9 Å². The molecule has 0 radical (unpaired) electrons. The van der Waals surface area contributed by atoms with E-state index >= 15 is 0 Å². The molecule has 2 heterocycles. The summed E-state index contributed by atoms with van der Waals surface area (Å²) in [7, 11) is 0. The Balaban J connectivity index is 1.97. The Morgan fingerprint density at radius 3 is 2.88 bits per heavy atom. The van der Waals surface area contributed by atoms with Crippen molar-refractivity contribution in [2.24, 2.45) is 0 Å². The minimum absolute atomic E-state index is 0.0698. The Kier molecular flexibility index (Phi) is 3.31. The van der Waals surface area contributed by atoms with Crippen molar-refractivity contribution in [1.29, 1.82) is 0 Å². The van der Waals surface area contributed by atoms with Crippen LogP contribution in [0.3, 0.4) is 0 Å². The number of aromatic nitrogens is 2. The van der Waals surface area contributed by atoms with E-state index in [1.807, 2.05) is 19.2 Å². The molecule has 16 heavy (non-hydrogen) atoms. The summed E-state index contributed by atoms with van der Waals surface area (Å²) in [5.41, 5.74) is 3.49. The first-order valence-electron chi connectivity index (χ1n) is 4.76. The molecule has 4 nitrogen and oxygen atoms in total. The van der Waals surface area contributed by atoms with Gasteiger partial charge in [-0.2, -0.15) is 0 Å². The van der Waals surface area contributed by atoms with Crippen LogP contribution in [0.4, 0.5) is 5.13 Å². The molecule has 0 saturated heterocycles. The highest BCUT2D eigenvalue weighted by Gasteiger charge is 2.09. The number of aryl methyl sites for hydroxylation is 2. The van der Waals surface area contributed by atoms with Crippen molar-refractivity contribution in [3.8, 4) is 0 Å². The van der Waals surface area contributed by atoms with Crippen LogP contribution in [0.15, 0.2) is 10.9 Å². The van der Waals surface area contributed by atoms with Crippen molar-refractivity contribution in [3.63, 3.8) is 0 Å². The van der Waals surface area contributed by atoms with Gasteiger partial charge in [0.2, 0.25) is 5.91 Å². The summed E-state index contributed by atoms with van der Waals surface area (Å²) >= 11 is 2.98. The summed E-state index contributed by atoms with van der Waals surface area (Å²) in [5.74, 6) is -0.0698. The molecule has 0 aliphatic carbocycles. The van der Waals surface area contributed by atoms with Crippen LogP contribution in [-0.2, 0) is 11.2 Å². The number of carbonyl (C=O) groups is 1. The average Bonchev–Trinajstić information content (AvgIpc) is 2.78. The summed E-state index contributed by atoms with van der Waals surface area (Å²) in [6.45, 7) is 3.92. The van der Waals surface area contributed by atoms with Crippen LogP contribution in [0.1, 0.15) is 16.3 Å². The smallest absolute Gasteiger partial charge is 0.232 e. The fourth-order valence-corrected chi connectivity index (χ4v) is 2.57. The maximum Gasteiger partial charge on any atom is 0.232 e. The Bertz CT molecular complexity index is 471. The molecule has 0 aliphatic heterocycles. The van der Waals surface area contributed by atoms with E-state index in [4.69, 9.17) is 0 Å². The standard InChI is InChI=1S/C10H11N3OS2/c1-6-7(2)16-10(12-6)13-9(14)3-8-4-15-5-11-8/h4-5H,3H2,1-2H3,(H,12,13,14). The second-order valence-electron chi connectivity index (χ2n) is 3.37. The lowest BCUT2D eigenvalue weighted by Gasteiger charge is -1.98. The van der Waals surface area contributed by atoms with E-state index in [-0.39, 0.29) is 5.91 Å². The molecule has 0 bridgehead atoms. The molecule has 2 aromatic rings. The molecule has 1 N–H and O–H groups in total. The van der Waals surface area contributed by atoms with Gasteiger partial charge in [0.15, 0.2) is 5.13 Å². The first-order valence-corrected chi connectivity index (χ1v) is 6.52. The number of rotatable bonds is 3. The minimum Gasteiger partial charge on any atom is -0.302 e. The van der Waals surface area contributed by atoms with Crippen LogP contribution in [0.5, 0.6) is 0 Å². The molecule has 0 atom stereocenters. The van der Waals surface area contributed by atoms with E-state index in [0.717, 1.165) is 16.3 Å². The van der Waals surface area contributed by atoms with Crippen LogP contribution in [-0.4, -0.2) is 15.9 Å². The number of carbonyl (C=O) groups excluding carboxylic acids is 1. The fraction of sp³-hybridized carbons (Fsp3) is 0.300. The van der Waals surface area contributed by atoms with Crippen LogP contribution in [0.2, 0.25) is 0 Å². The summed E-state index contributed by atoms with van der Waals surface area (Å²) in [6.07, 6.45) is 0.307. The number of nitrogens with zero attached hydrogens (tertiary/aromatic N) is 2. The third-order valence-electron chi connectivity index (χ3n) is 2.10. The molecule has 0 fully saturated rings. The number of nitrogens with one attached hydrogen (secondary N) is 1. The molecule has 0 unspecified atom stereocenters. The highest BCUT2D eigenvalue weighted by atomic mass is 32.1. The fourth-order valence-electron chi connectivity index (χ4n) is 1.18. The number of anilines is 1. The van der Waals surface area contributed by atoms with E-state index in [1.165, 1.54) is 22.7 Å². The normalized spacial score (nSPS) is 10.4. The zero-order chi connectivity index (χ0) is 11.5. The second kappa shape index (κ2) is 4.71. The number of thiazole rings is 2. The lowest BCUT2D eigenvalue weighted by atomic mass is 10.3. The van der Waals surface area contributed by atoms with Gasteiger partial charge in [-0.1, -0.05) is 0 Å². The molecule has 2 rings (SSSR count). The number of hydrogen-bond acceptors (Lipinski definition) is 5. The predicted octanol–water partition coefficient (Wildman–Crippen LogP) is 2.40.